The molecule has 2 aromatic carbocycles. The number of aliphatic hydroxyl groups excluding tert-OH is 1. The van der Waals surface area contributed by atoms with Gasteiger partial charge in [0.2, 0.25) is 0 Å². The largest absolute Gasteiger partial charge is 0.396 e. The van der Waals surface area contributed by atoms with Gasteiger partial charge in [0.1, 0.15) is 0 Å². The third kappa shape index (κ3) is 3.31. The Kier molecular flexibility index (Phi) is 4.73. The molecule has 18 heavy (non-hydrogen) atoms. The summed E-state index contributed by atoms with van der Waals surface area (Å²) in [5, 5.41) is 11.4. The van der Waals surface area contributed by atoms with Crippen LogP contribution in [0.1, 0.15) is 18.4 Å². The minimum Gasteiger partial charge on any atom is -0.396 e. The molecule has 0 bridgehead atoms. The monoisotopic (exact) mass is 243 g/mol. The molecular weight excluding hydrogens is 222 g/mol. The van der Waals surface area contributed by atoms with Crippen molar-refractivity contribution in [2.24, 2.45) is 0 Å². The SMILES string of the molecule is CN(CCCCO)Cc1cccc2ccccc12. The normalized spacial score (nSPS) is 11.3. The van der Waals surface area contributed by atoms with E-state index in [0.717, 1.165) is 25.9 Å². The summed E-state index contributed by atoms with van der Waals surface area (Å²) in [6, 6.07) is 15.0. The molecule has 0 aliphatic rings. The van der Waals surface area contributed by atoms with Crippen LogP contribution >= 0.6 is 0 Å². The maximum absolute atomic E-state index is 8.79. The first-order chi connectivity index (χ1) is 8.81. The van der Waals surface area contributed by atoms with Gasteiger partial charge < -0.3 is 10.0 Å². The van der Waals surface area contributed by atoms with Crippen molar-refractivity contribution in [1.82, 2.24) is 4.90 Å². The lowest BCUT2D eigenvalue weighted by Crippen LogP contribution is -2.19. The average Bonchev–Trinajstić information content (AvgIpc) is 2.39. The molecule has 2 rings (SSSR count). The summed E-state index contributed by atoms with van der Waals surface area (Å²) in [5.41, 5.74) is 1.37. The van der Waals surface area contributed by atoms with Gasteiger partial charge >= 0.3 is 0 Å². The zero-order valence-electron chi connectivity index (χ0n) is 11.0. The number of aliphatic hydroxyl groups is 1. The smallest absolute Gasteiger partial charge is 0.0431 e. The number of benzene rings is 2. The molecule has 0 saturated carbocycles. The third-order valence-corrected chi connectivity index (χ3v) is 3.27. The molecule has 0 aliphatic heterocycles. The number of fused-ring (bicyclic) bond motifs is 1. The molecule has 0 aromatic heterocycles. The molecule has 0 spiro atoms. The highest BCUT2D eigenvalue weighted by Gasteiger charge is 2.03. The molecule has 0 fully saturated rings. The Morgan fingerprint density at radius 2 is 1.78 bits per heavy atom. The maximum atomic E-state index is 8.79. The quantitative estimate of drug-likeness (QED) is 0.788. The molecule has 0 aliphatic carbocycles. The summed E-state index contributed by atoms with van der Waals surface area (Å²) in [6.45, 7) is 2.29. The number of unbranched alkanes of at least 4 members (excludes halogenated alkanes) is 1. The minimum absolute atomic E-state index is 0.294. The molecular formula is C16H21NO. The summed E-state index contributed by atoms with van der Waals surface area (Å²) >= 11 is 0. The van der Waals surface area contributed by atoms with Gasteiger partial charge in [-0.25, -0.2) is 0 Å². The van der Waals surface area contributed by atoms with E-state index in [1.165, 1.54) is 16.3 Å². The van der Waals surface area contributed by atoms with Gasteiger partial charge in [-0.3, -0.25) is 0 Å². The van der Waals surface area contributed by atoms with Crippen LogP contribution in [0.3, 0.4) is 0 Å². The highest BCUT2D eigenvalue weighted by Crippen LogP contribution is 2.19. The van der Waals surface area contributed by atoms with Gasteiger partial charge in [0.05, 0.1) is 0 Å². The van der Waals surface area contributed by atoms with Crippen molar-refractivity contribution in [2.75, 3.05) is 20.2 Å². The van der Waals surface area contributed by atoms with E-state index in [4.69, 9.17) is 5.11 Å². The molecule has 96 valence electrons. The lowest BCUT2D eigenvalue weighted by atomic mass is 10.0. The average molecular weight is 243 g/mol. The third-order valence-electron chi connectivity index (χ3n) is 3.27. The van der Waals surface area contributed by atoms with Gasteiger partial charge in [0.15, 0.2) is 0 Å². The van der Waals surface area contributed by atoms with Gasteiger partial charge in [-0.15, -0.1) is 0 Å². The van der Waals surface area contributed by atoms with Crippen LogP contribution < -0.4 is 0 Å². The van der Waals surface area contributed by atoms with Crippen LogP contribution in [-0.2, 0) is 6.54 Å². The molecule has 0 heterocycles. The van der Waals surface area contributed by atoms with E-state index >= 15 is 0 Å². The van der Waals surface area contributed by atoms with Crippen LogP contribution in [0.25, 0.3) is 10.8 Å². The van der Waals surface area contributed by atoms with Crippen molar-refractivity contribution < 1.29 is 5.11 Å². The predicted octanol–water partition coefficient (Wildman–Crippen LogP) is 3.04. The van der Waals surface area contributed by atoms with E-state index < -0.39 is 0 Å². The molecule has 0 atom stereocenters. The van der Waals surface area contributed by atoms with Gasteiger partial charge in [-0.1, -0.05) is 42.5 Å². The van der Waals surface area contributed by atoms with Crippen LogP contribution in [0.5, 0.6) is 0 Å². The Hall–Kier alpha value is -1.38. The van der Waals surface area contributed by atoms with E-state index in [2.05, 4.69) is 54.4 Å². The number of nitrogens with zero attached hydrogens (tertiary/aromatic N) is 1. The zero-order chi connectivity index (χ0) is 12.8. The van der Waals surface area contributed by atoms with Crippen LogP contribution in [0.15, 0.2) is 42.5 Å². The number of hydrogen-bond acceptors (Lipinski definition) is 2. The van der Waals surface area contributed by atoms with Gasteiger partial charge in [-0.05, 0) is 42.8 Å². The Morgan fingerprint density at radius 3 is 2.61 bits per heavy atom. The van der Waals surface area contributed by atoms with E-state index in [1.54, 1.807) is 0 Å². The Bertz CT molecular complexity index is 490. The Balaban J connectivity index is 2.07. The van der Waals surface area contributed by atoms with Gasteiger partial charge in [0.25, 0.3) is 0 Å². The van der Waals surface area contributed by atoms with Crippen molar-refractivity contribution >= 4 is 10.8 Å². The fourth-order valence-electron chi connectivity index (χ4n) is 2.29. The first kappa shape index (κ1) is 13.1. The number of hydrogen-bond donors (Lipinski definition) is 1. The summed E-state index contributed by atoms with van der Waals surface area (Å²) < 4.78 is 0. The van der Waals surface area contributed by atoms with Crippen molar-refractivity contribution in [3.8, 4) is 0 Å². The van der Waals surface area contributed by atoms with Crippen LogP contribution in [0.4, 0.5) is 0 Å². The van der Waals surface area contributed by atoms with Gasteiger partial charge in [-0.2, -0.15) is 0 Å². The fourth-order valence-corrected chi connectivity index (χ4v) is 2.29. The molecule has 0 amide bonds. The first-order valence-electron chi connectivity index (χ1n) is 6.57. The highest BCUT2D eigenvalue weighted by molar-refractivity contribution is 5.85. The lowest BCUT2D eigenvalue weighted by Gasteiger charge is -2.17. The first-order valence-corrected chi connectivity index (χ1v) is 6.57. The lowest BCUT2D eigenvalue weighted by molar-refractivity contribution is 0.261. The standard InChI is InChI=1S/C16H21NO/c1-17(11-4-5-12-18)13-15-9-6-8-14-7-2-3-10-16(14)15/h2-3,6-10,18H,4-5,11-13H2,1H3. The van der Waals surface area contributed by atoms with Crippen molar-refractivity contribution in [3.63, 3.8) is 0 Å². The van der Waals surface area contributed by atoms with E-state index in [9.17, 15) is 0 Å². The highest BCUT2D eigenvalue weighted by atomic mass is 16.2. The second-order valence-electron chi connectivity index (χ2n) is 4.81. The van der Waals surface area contributed by atoms with E-state index in [0.29, 0.717) is 6.61 Å². The molecule has 2 heteroatoms. The Morgan fingerprint density at radius 1 is 1.00 bits per heavy atom. The molecule has 0 saturated heterocycles. The van der Waals surface area contributed by atoms with Crippen LogP contribution in [-0.4, -0.2) is 30.2 Å². The maximum Gasteiger partial charge on any atom is 0.0431 e. The van der Waals surface area contributed by atoms with Crippen LogP contribution in [0, 0.1) is 0 Å². The fraction of sp³-hybridized carbons (Fsp3) is 0.375. The van der Waals surface area contributed by atoms with E-state index in [-0.39, 0.29) is 0 Å². The molecule has 0 unspecified atom stereocenters. The second kappa shape index (κ2) is 6.53. The van der Waals surface area contributed by atoms with Crippen LogP contribution in [0.2, 0.25) is 0 Å². The van der Waals surface area contributed by atoms with Gasteiger partial charge in [0, 0.05) is 13.2 Å². The summed E-state index contributed by atoms with van der Waals surface area (Å²) in [4.78, 5) is 2.32. The van der Waals surface area contributed by atoms with Crippen molar-refractivity contribution in [2.45, 2.75) is 19.4 Å². The zero-order valence-corrected chi connectivity index (χ0v) is 11.0. The topological polar surface area (TPSA) is 23.5 Å². The number of rotatable bonds is 6. The second-order valence-corrected chi connectivity index (χ2v) is 4.81. The predicted molar refractivity (Wildman–Crippen MR) is 76.6 cm³/mol. The minimum atomic E-state index is 0.294. The summed E-state index contributed by atoms with van der Waals surface area (Å²) in [5.74, 6) is 0. The van der Waals surface area contributed by atoms with Crippen molar-refractivity contribution in [3.05, 3.63) is 48.0 Å². The molecule has 2 nitrogen and oxygen atoms in total. The van der Waals surface area contributed by atoms with E-state index in [1.807, 2.05) is 0 Å². The van der Waals surface area contributed by atoms with Crippen molar-refractivity contribution in [1.29, 1.82) is 0 Å². The summed E-state index contributed by atoms with van der Waals surface area (Å²) in [6.07, 6.45) is 1.94. The molecule has 0 radical (unpaired) electrons. The molecule has 2 aromatic rings. The molecule has 1 N–H and O–H groups in total. The Labute approximate surface area is 109 Å². The summed E-state index contributed by atoms with van der Waals surface area (Å²) in [7, 11) is 2.14.